The lowest BCUT2D eigenvalue weighted by Crippen LogP contribution is -2.25. The van der Waals surface area contributed by atoms with Gasteiger partial charge in [0.1, 0.15) is 23.7 Å². The fourth-order valence-electron chi connectivity index (χ4n) is 2.73. The summed E-state index contributed by atoms with van der Waals surface area (Å²) in [6.07, 6.45) is 1.45. The second kappa shape index (κ2) is 5.90. The highest BCUT2D eigenvalue weighted by molar-refractivity contribution is 5.95. The number of pyridine rings is 1. The van der Waals surface area contributed by atoms with Crippen molar-refractivity contribution in [2.24, 2.45) is 0 Å². The van der Waals surface area contributed by atoms with Crippen molar-refractivity contribution < 1.29 is 9.53 Å². The van der Waals surface area contributed by atoms with Crippen LogP contribution < -0.4 is 21.1 Å². The maximum Gasteiger partial charge on any atom is 0.262 e. The number of aromatic nitrogens is 3. The number of ether oxygens (including phenoxy) is 1. The van der Waals surface area contributed by atoms with Crippen LogP contribution >= 0.6 is 0 Å². The zero-order chi connectivity index (χ0) is 17.4. The molecule has 4 N–H and O–H groups in total. The van der Waals surface area contributed by atoms with E-state index in [9.17, 15) is 4.79 Å². The van der Waals surface area contributed by atoms with E-state index in [1.165, 1.54) is 6.33 Å². The third-order valence-electron chi connectivity index (χ3n) is 4.01. The molecule has 25 heavy (non-hydrogen) atoms. The van der Waals surface area contributed by atoms with Gasteiger partial charge in [-0.3, -0.25) is 4.79 Å². The number of nitrogens with two attached hydrogens (primary N) is 1. The molecule has 0 saturated carbocycles. The van der Waals surface area contributed by atoms with E-state index >= 15 is 0 Å². The average Bonchev–Trinajstić information content (AvgIpc) is 2.61. The number of benzene rings is 1. The van der Waals surface area contributed by atoms with Gasteiger partial charge in [-0.2, -0.15) is 0 Å². The third-order valence-corrected chi connectivity index (χ3v) is 4.01. The van der Waals surface area contributed by atoms with Crippen LogP contribution in [0.3, 0.4) is 0 Å². The second-order valence-electron chi connectivity index (χ2n) is 5.79. The topological polar surface area (TPSA) is 115 Å². The van der Waals surface area contributed by atoms with Gasteiger partial charge in [0.25, 0.3) is 5.91 Å². The zero-order valence-corrected chi connectivity index (χ0v) is 13.5. The maximum absolute atomic E-state index is 11.5. The van der Waals surface area contributed by atoms with Crippen molar-refractivity contribution in [3.05, 3.63) is 42.2 Å². The number of amides is 1. The summed E-state index contributed by atoms with van der Waals surface area (Å²) in [5, 5.41) is 6.96. The third kappa shape index (κ3) is 2.89. The van der Waals surface area contributed by atoms with E-state index in [0.29, 0.717) is 28.7 Å². The second-order valence-corrected chi connectivity index (χ2v) is 5.79. The van der Waals surface area contributed by atoms with Crippen LogP contribution in [-0.2, 0) is 4.79 Å². The van der Waals surface area contributed by atoms with Gasteiger partial charge in [0.2, 0.25) is 0 Å². The monoisotopic (exact) mass is 336 g/mol. The average molecular weight is 336 g/mol. The first-order valence-electron chi connectivity index (χ1n) is 7.80. The lowest BCUT2D eigenvalue weighted by Gasteiger charge is -2.21. The van der Waals surface area contributed by atoms with Crippen molar-refractivity contribution in [3.63, 3.8) is 0 Å². The molecule has 1 aliphatic heterocycles. The first-order chi connectivity index (χ1) is 12.1. The van der Waals surface area contributed by atoms with Gasteiger partial charge >= 0.3 is 0 Å². The number of carbonyl (C=O) groups excluding carboxylic acids is 1. The summed E-state index contributed by atoms with van der Waals surface area (Å²) >= 11 is 0. The lowest BCUT2D eigenvalue weighted by molar-refractivity contribution is -0.118. The van der Waals surface area contributed by atoms with Gasteiger partial charge < -0.3 is 21.1 Å². The SMILES string of the molecule is CC(Nc1ncnc2nc(N)ccc12)c1ccc2c(c1)NC(=O)CO2. The summed E-state index contributed by atoms with van der Waals surface area (Å²) in [7, 11) is 0. The maximum atomic E-state index is 11.5. The molecule has 0 aliphatic carbocycles. The Balaban J connectivity index is 1.63. The van der Waals surface area contributed by atoms with Crippen molar-refractivity contribution in [2.75, 3.05) is 23.0 Å². The summed E-state index contributed by atoms with van der Waals surface area (Å²) in [5.41, 5.74) is 7.90. The lowest BCUT2D eigenvalue weighted by atomic mass is 10.1. The van der Waals surface area contributed by atoms with E-state index in [1.54, 1.807) is 6.07 Å². The Labute approximate surface area is 143 Å². The molecule has 0 spiro atoms. The van der Waals surface area contributed by atoms with Gasteiger partial charge in [-0.25, -0.2) is 15.0 Å². The van der Waals surface area contributed by atoms with Gasteiger partial charge in [0.15, 0.2) is 12.3 Å². The normalized spacial score (nSPS) is 14.4. The molecule has 0 saturated heterocycles. The van der Waals surface area contributed by atoms with E-state index in [1.807, 2.05) is 31.2 Å². The van der Waals surface area contributed by atoms with Crippen molar-refractivity contribution in [1.82, 2.24) is 15.0 Å². The van der Waals surface area contributed by atoms with Gasteiger partial charge in [-0.15, -0.1) is 0 Å². The number of hydrogen-bond acceptors (Lipinski definition) is 7. The van der Waals surface area contributed by atoms with E-state index in [4.69, 9.17) is 10.5 Å². The molecule has 1 aromatic carbocycles. The zero-order valence-electron chi connectivity index (χ0n) is 13.5. The summed E-state index contributed by atoms with van der Waals surface area (Å²) < 4.78 is 5.38. The number of nitrogen functional groups attached to an aromatic ring is 1. The number of nitrogens with zero attached hydrogens (tertiary/aromatic N) is 3. The summed E-state index contributed by atoms with van der Waals surface area (Å²) in [6.45, 7) is 2.05. The Hall–Kier alpha value is -3.42. The molecule has 1 unspecified atom stereocenters. The Morgan fingerprint density at radius 3 is 3.04 bits per heavy atom. The molecule has 1 amide bonds. The van der Waals surface area contributed by atoms with Crippen LogP contribution in [0.1, 0.15) is 18.5 Å². The van der Waals surface area contributed by atoms with Crippen molar-refractivity contribution in [2.45, 2.75) is 13.0 Å². The van der Waals surface area contributed by atoms with Crippen LogP contribution in [0.4, 0.5) is 17.3 Å². The molecule has 0 fully saturated rings. The summed E-state index contributed by atoms with van der Waals surface area (Å²) in [5.74, 6) is 1.59. The minimum atomic E-state index is -0.157. The molecular weight excluding hydrogens is 320 g/mol. The van der Waals surface area contributed by atoms with E-state index in [-0.39, 0.29) is 18.6 Å². The standard InChI is InChI=1S/C17H16N6O2/c1-9(10-2-4-13-12(6-10)22-15(24)7-25-13)21-16-11-3-5-14(18)23-17(11)20-8-19-16/h2-6,8-9H,7H2,1H3,(H,22,24)(H3,18,19,20,21,23). The van der Waals surface area contributed by atoms with E-state index in [0.717, 1.165) is 10.9 Å². The molecule has 8 nitrogen and oxygen atoms in total. The highest BCUT2D eigenvalue weighted by Crippen LogP contribution is 2.32. The summed E-state index contributed by atoms with van der Waals surface area (Å²) in [4.78, 5) is 24.1. The van der Waals surface area contributed by atoms with Gasteiger partial charge in [0, 0.05) is 0 Å². The minimum Gasteiger partial charge on any atom is -0.482 e. The molecule has 126 valence electrons. The molecule has 3 aromatic rings. The first-order valence-corrected chi connectivity index (χ1v) is 7.80. The fourth-order valence-corrected chi connectivity index (χ4v) is 2.73. The van der Waals surface area contributed by atoms with Gasteiger partial charge in [-0.05, 0) is 36.8 Å². The van der Waals surface area contributed by atoms with Crippen LogP contribution in [-0.4, -0.2) is 27.5 Å². The number of anilines is 3. The van der Waals surface area contributed by atoms with Crippen LogP contribution in [0, 0.1) is 0 Å². The van der Waals surface area contributed by atoms with Crippen molar-refractivity contribution in [3.8, 4) is 5.75 Å². The number of rotatable bonds is 3. The van der Waals surface area contributed by atoms with Crippen LogP contribution in [0.2, 0.25) is 0 Å². The van der Waals surface area contributed by atoms with Gasteiger partial charge in [0.05, 0.1) is 17.1 Å². The number of hydrogen-bond donors (Lipinski definition) is 3. The molecule has 8 heteroatoms. The quantitative estimate of drug-likeness (QED) is 0.671. The van der Waals surface area contributed by atoms with Crippen LogP contribution in [0.25, 0.3) is 11.0 Å². The van der Waals surface area contributed by atoms with Crippen molar-refractivity contribution >= 4 is 34.3 Å². The molecule has 0 bridgehead atoms. The number of nitrogens with one attached hydrogen (secondary N) is 2. The van der Waals surface area contributed by atoms with Crippen LogP contribution in [0.5, 0.6) is 5.75 Å². The largest absolute Gasteiger partial charge is 0.482 e. The molecular formula is C17H16N6O2. The fraction of sp³-hybridized carbons (Fsp3) is 0.176. The predicted octanol–water partition coefficient (Wildman–Crippen LogP) is 2.11. The highest BCUT2D eigenvalue weighted by atomic mass is 16.5. The first kappa shape index (κ1) is 15.1. The smallest absolute Gasteiger partial charge is 0.262 e. The van der Waals surface area contributed by atoms with Gasteiger partial charge in [-0.1, -0.05) is 6.07 Å². The molecule has 3 heterocycles. The molecule has 1 aliphatic rings. The van der Waals surface area contributed by atoms with Crippen molar-refractivity contribution in [1.29, 1.82) is 0 Å². The Morgan fingerprint density at radius 1 is 1.28 bits per heavy atom. The molecule has 0 radical (unpaired) electrons. The number of carbonyl (C=O) groups is 1. The Kier molecular flexibility index (Phi) is 3.57. The van der Waals surface area contributed by atoms with Crippen LogP contribution in [0.15, 0.2) is 36.7 Å². The predicted molar refractivity (Wildman–Crippen MR) is 94.3 cm³/mol. The number of fused-ring (bicyclic) bond motifs is 2. The minimum absolute atomic E-state index is 0.0448. The highest BCUT2D eigenvalue weighted by Gasteiger charge is 2.18. The summed E-state index contributed by atoms with van der Waals surface area (Å²) in [6, 6.07) is 9.20. The Bertz CT molecular complexity index is 975. The molecule has 1 atom stereocenters. The molecule has 2 aromatic heterocycles. The van der Waals surface area contributed by atoms with E-state index < -0.39 is 0 Å². The molecule has 4 rings (SSSR count). The Morgan fingerprint density at radius 2 is 2.16 bits per heavy atom. The van der Waals surface area contributed by atoms with E-state index in [2.05, 4.69) is 25.6 Å².